The number of allylic oxidation sites excluding steroid dienone is 7. The summed E-state index contributed by atoms with van der Waals surface area (Å²) in [5, 5.41) is 8.81. The fourth-order valence-electron chi connectivity index (χ4n) is 12.7. The summed E-state index contributed by atoms with van der Waals surface area (Å²) in [6.07, 6.45) is 11.0. The zero-order chi connectivity index (χ0) is 52.9. The first-order chi connectivity index (χ1) is 39.7. The third-order valence-electron chi connectivity index (χ3n) is 16.5. The van der Waals surface area contributed by atoms with Gasteiger partial charge in [0, 0.05) is 55.9 Å². The lowest BCUT2D eigenvalue weighted by Crippen LogP contribution is -2.35. The molecule has 3 atom stereocenters. The van der Waals surface area contributed by atoms with Gasteiger partial charge in [0.1, 0.15) is 12.0 Å². The molecule has 1 aliphatic heterocycles. The number of fused-ring (bicyclic) bond motifs is 6. The fraction of sp³-hybridized carbons (Fsp3) is 0.0667. The van der Waals surface area contributed by atoms with Crippen LogP contribution in [0.15, 0.2) is 312 Å². The third kappa shape index (κ3) is 8.34. The molecule has 0 bridgehead atoms. The Balaban J connectivity index is 1.02. The quantitative estimate of drug-likeness (QED) is 0.146. The molecule has 15 rings (SSSR count). The minimum atomic E-state index is -0.338. The van der Waals surface area contributed by atoms with Crippen LogP contribution in [0.4, 0.5) is 0 Å². The highest BCUT2D eigenvalue weighted by Crippen LogP contribution is 2.50. The zero-order valence-corrected chi connectivity index (χ0v) is 44.1. The van der Waals surface area contributed by atoms with E-state index in [-0.39, 0.29) is 18.0 Å². The average Bonchev–Trinajstić information content (AvgIpc) is 4.29. The average molecular weight is 1030 g/mol. The molecule has 5 nitrogen and oxygen atoms in total. The van der Waals surface area contributed by atoms with E-state index in [1.807, 2.05) is 0 Å². The first-order valence-electron chi connectivity index (χ1n) is 27.9. The number of aromatic nitrogens is 2. The minimum absolute atomic E-state index is 0.120. The molecule has 2 aromatic heterocycles. The van der Waals surface area contributed by atoms with Crippen molar-refractivity contribution in [3.63, 3.8) is 0 Å². The Labute approximate surface area is 465 Å². The Kier molecular flexibility index (Phi) is 11.8. The van der Waals surface area contributed by atoms with Crippen molar-refractivity contribution >= 4 is 61.0 Å². The third-order valence-corrected chi connectivity index (χ3v) is 16.5. The maximum absolute atomic E-state index is 5.49. The molecule has 0 radical (unpaired) electrons. The van der Waals surface area contributed by atoms with E-state index in [1.54, 1.807) is 0 Å². The minimum Gasteiger partial charge on any atom is -0.344 e. The van der Waals surface area contributed by atoms with Crippen LogP contribution in [-0.2, 0) is 0 Å². The van der Waals surface area contributed by atoms with Crippen molar-refractivity contribution < 1.29 is 0 Å². The first kappa shape index (κ1) is 47.1. The van der Waals surface area contributed by atoms with Gasteiger partial charge in [-0.25, -0.2) is 9.98 Å². The van der Waals surface area contributed by atoms with E-state index < -0.39 is 0 Å². The van der Waals surface area contributed by atoms with E-state index in [2.05, 4.69) is 300 Å². The van der Waals surface area contributed by atoms with Crippen LogP contribution in [0.3, 0.4) is 0 Å². The van der Waals surface area contributed by atoms with Gasteiger partial charge in [-0.2, -0.15) is 0 Å². The molecule has 0 saturated carbocycles. The van der Waals surface area contributed by atoms with Crippen molar-refractivity contribution in [1.82, 2.24) is 14.5 Å². The molecule has 3 heterocycles. The Morgan fingerprint density at radius 2 is 1.02 bits per heavy atom. The molecule has 2 aliphatic carbocycles. The molecule has 0 spiro atoms. The fourth-order valence-corrected chi connectivity index (χ4v) is 12.7. The van der Waals surface area contributed by atoms with Crippen LogP contribution in [-0.4, -0.2) is 20.8 Å². The number of nitrogens with one attached hydrogen (secondary N) is 1. The molecule has 3 aliphatic rings. The topological polar surface area (TPSA) is 46.6 Å². The normalized spacial score (nSPS) is 17.3. The predicted molar refractivity (Wildman–Crippen MR) is 334 cm³/mol. The van der Waals surface area contributed by atoms with E-state index in [4.69, 9.17) is 9.98 Å². The summed E-state index contributed by atoms with van der Waals surface area (Å²) in [7, 11) is 0. The van der Waals surface area contributed by atoms with Gasteiger partial charge in [-0.1, -0.05) is 243 Å². The van der Waals surface area contributed by atoms with Gasteiger partial charge >= 0.3 is 0 Å². The molecular weight excluding hydrogens is 971 g/mol. The highest BCUT2D eigenvalue weighted by Gasteiger charge is 2.35. The van der Waals surface area contributed by atoms with Crippen LogP contribution in [0.5, 0.6) is 0 Å². The smallest absolute Gasteiger partial charge is 0.159 e. The number of hydrogen-bond donors (Lipinski definition) is 1. The number of benzene rings is 10. The highest BCUT2D eigenvalue weighted by molar-refractivity contribution is 6.18. The Morgan fingerprint density at radius 3 is 1.69 bits per heavy atom. The molecule has 380 valence electrons. The number of rotatable bonds is 10. The molecular formula is C75H55N5. The second-order valence-electron chi connectivity index (χ2n) is 21.2. The molecule has 0 saturated heterocycles. The number of aliphatic imine (C=N–C) groups is 2. The largest absolute Gasteiger partial charge is 0.344 e. The van der Waals surface area contributed by atoms with Crippen molar-refractivity contribution in [1.29, 1.82) is 0 Å². The molecule has 10 aromatic carbocycles. The van der Waals surface area contributed by atoms with Crippen molar-refractivity contribution in [3.8, 4) is 27.9 Å². The summed E-state index contributed by atoms with van der Waals surface area (Å²) in [5.74, 6) is 1.69. The van der Waals surface area contributed by atoms with Crippen molar-refractivity contribution in [2.45, 2.75) is 30.8 Å². The van der Waals surface area contributed by atoms with Crippen LogP contribution in [0, 0.1) is 0 Å². The number of para-hydroxylation sites is 2. The summed E-state index contributed by atoms with van der Waals surface area (Å²) in [5.41, 5.74) is 19.9. The van der Waals surface area contributed by atoms with Gasteiger partial charge in [-0.3, -0.25) is 0 Å². The van der Waals surface area contributed by atoms with Crippen molar-refractivity contribution in [2.24, 2.45) is 9.98 Å². The van der Waals surface area contributed by atoms with Gasteiger partial charge in [0.05, 0.1) is 22.1 Å². The molecule has 1 N–H and O–H groups in total. The van der Waals surface area contributed by atoms with Gasteiger partial charge < -0.3 is 14.5 Å². The van der Waals surface area contributed by atoms with E-state index in [0.29, 0.717) is 12.3 Å². The molecule has 2 unspecified atom stereocenters. The monoisotopic (exact) mass is 1030 g/mol. The maximum Gasteiger partial charge on any atom is 0.159 e. The standard InChI is InChI=1S/C75H55N5/c1-6-21-50(22-7-1)52-37-41-55(42-38-52)64-47-59(75-77-73(57-27-12-4-13-28-57)76-74(78-75)58-29-14-5-15-30-58)48-65(56-43-39-53(40-44-56)51-23-8-2-9-24-51)72(64)80-69-46-45-60(79-67-34-18-16-31-62(67)63-32-17-19-35-68(63)79)49-66(69)71-61(33-20-36-70(71)80)54-25-10-3-11-26-54/h1-39,41-46,48-49,53,64,73H,40,47H2,(H,76,77,78)/t53?,64-,73?/m1/s1. The van der Waals surface area contributed by atoms with Crippen LogP contribution in [0.1, 0.15) is 53.1 Å². The van der Waals surface area contributed by atoms with Crippen LogP contribution >= 0.6 is 0 Å². The number of hydrogen-bond acceptors (Lipinski definition) is 3. The summed E-state index contributed by atoms with van der Waals surface area (Å²) in [6, 6.07) is 94.6. The molecule has 0 amide bonds. The van der Waals surface area contributed by atoms with Crippen molar-refractivity contribution in [2.75, 3.05) is 0 Å². The lowest BCUT2D eigenvalue weighted by atomic mass is 9.78. The summed E-state index contributed by atoms with van der Waals surface area (Å²) in [6.45, 7) is 0. The SMILES string of the molecule is C1=CC(c2ccccc2)CC=C1C1=C(n2c3ccc(-n4c5ccccc5c5ccccc54)cc3c3c(-c4ccccc4)cccc32)[C@@H](c2ccc(-c3ccccc3)cc2)CC(C2=NC(c3ccccc3)=NC(c3ccccc3)N2)=C1. The molecule has 80 heavy (non-hydrogen) atoms. The van der Waals surface area contributed by atoms with E-state index in [0.717, 1.165) is 45.7 Å². The summed E-state index contributed by atoms with van der Waals surface area (Å²) in [4.78, 5) is 10.8. The lowest BCUT2D eigenvalue weighted by Gasteiger charge is -2.34. The van der Waals surface area contributed by atoms with E-state index >= 15 is 0 Å². The second-order valence-corrected chi connectivity index (χ2v) is 21.2. The molecule has 0 fully saturated rings. The van der Waals surface area contributed by atoms with Crippen LogP contribution in [0.2, 0.25) is 0 Å². The van der Waals surface area contributed by atoms with Gasteiger partial charge in [0.25, 0.3) is 0 Å². The van der Waals surface area contributed by atoms with E-state index in [1.165, 1.54) is 82.8 Å². The molecule has 5 heteroatoms. The highest BCUT2D eigenvalue weighted by atomic mass is 15.2. The van der Waals surface area contributed by atoms with Gasteiger partial charge in [0.2, 0.25) is 0 Å². The first-order valence-corrected chi connectivity index (χ1v) is 27.9. The zero-order valence-electron chi connectivity index (χ0n) is 44.1. The summed E-state index contributed by atoms with van der Waals surface area (Å²) >= 11 is 0. The van der Waals surface area contributed by atoms with Crippen LogP contribution < -0.4 is 5.32 Å². The second kappa shape index (κ2) is 20.0. The Hall–Kier alpha value is -10.1. The molecule has 12 aromatic rings. The Bertz CT molecular complexity index is 4470. The Morgan fingerprint density at radius 1 is 0.450 bits per heavy atom. The van der Waals surface area contributed by atoms with Gasteiger partial charge in [-0.15, -0.1) is 0 Å². The lowest BCUT2D eigenvalue weighted by molar-refractivity contribution is 0.668. The predicted octanol–water partition coefficient (Wildman–Crippen LogP) is 18.4. The van der Waals surface area contributed by atoms with Gasteiger partial charge in [0.15, 0.2) is 5.84 Å². The maximum atomic E-state index is 5.49. The van der Waals surface area contributed by atoms with Gasteiger partial charge in [-0.05, 0) is 105 Å². The summed E-state index contributed by atoms with van der Waals surface area (Å²) < 4.78 is 5.08. The number of amidine groups is 2. The van der Waals surface area contributed by atoms with Crippen LogP contribution in [0.25, 0.3) is 77.2 Å². The van der Waals surface area contributed by atoms with E-state index in [9.17, 15) is 0 Å². The number of nitrogens with zero attached hydrogens (tertiary/aromatic N) is 4. The van der Waals surface area contributed by atoms with Crippen molar-refractivity contribution in [3.05, 3.63) is 324 Å².